The van der Waals surface area contributed by atoms with E-state index in [2.05, 4.69) is 26.7 Å². The number of piperidine rings is 2. The summed E-state index contributed by atoms with van der Waals surface area (Å²) in [7, 11) is 1.76. The molecule has 2 saturated heterocycles. The maximum atomic E-state index is 9.98. The van der Waals surface area contributed by atoms with E-state index < -0.39 is 0 Å². The average Bonchev–Trinajstić information content (AvgIpc) is 3.01. The normalized spacial score (nSPS) is 25.4. The van der Waals surface area contributed by atoms with Gasteiger partial charge in [0, 0.05) is 45.0 Å². The number of hydrogen-bond acceptors (Lipinski definition) is 5. The Morgan fingerprint density at radius 2 is 2.00 bits per heavy atom. The van der Waals surface area contributed by atoms with E-state index in [9.17, 15) is 5.11 Å². The van der Waals surface area contributed by atoms with E-state index >= 15 is 0 Å². The van der Waals surface area contributed by atoms with Gasteiger partial charge in [-0.2, -0.15) is 0 Å². The van der Waals surface area contributed by atoms with Crippen LogP contribution in [0.3, 0.4) is 0 Å². The number of nitrogens with zero attached hydrogens (tertiary/aromatic N) is 3. The van der Waals surface area contributed by atoms with E-state index in [-0.39, 0.29) is 0 Å². The highest BCUT2D eigenvalue weighted by molar-refractivity contribution is 5.09. The van der Waals surface area contributed by atoms with Gasteiger partial charge in [-0.05, 0) is 51.2 Å². The van der Waals surface area contributed by atoms with Crippen molar-refractivity contribution in [2.45, 2.75) is 32.7 Å². The van der Waals surface area contributed by atoms with Gasteiger partial charge in [-0.25, -0.2) is 4.98 Å². The van der Waals surface area contributed by atoms with Crippen molar-refractivity contribution in [2.24, 2.45) is 11.3 Å². The molecule has 1 aromatic rings. The van der Waals surface area contributed by atoms with E-state index in [1.807, 2.05) is 0 Å². The summed E-state index contributed by atoms with van der Waals surface area (Å²) >= 11 is 0. The Hall–Kier alpha value is -0.950. The molecule has 0 radical (unpaired) electrons. The molecule has 136 valence electrons. The van der Waals surface area contributed by atoms with Crippen LogP contribution in [0.1, 0.15) is 30.7 Å². The Kier molecular flexibility index (Phi) is 5.92. The number of rotatable bonds is 6. The fourth-order valence-corrected chi connectivity index (χ4v) is 4.43. The minimum atomic E-state index is 0.307. The summed E-state index contributed by atoms with van der Waals surface area (Å²) in [6.07, 6.45) is 5.38. The number of methoxy groups -OCH3 is 1. The Bertz CT molecular complexity index is 511. The molecular formula is C18H32N4O2. The predicted octanol–water partition coefficient (Wildman–Crippen LogP) is 1.26. The summed E-state index contributed by atoms with van der Waals surface area (Å²) in [5.74, 6) is 0.400. The van der Waals surface area contributed by atoms with Gasteiger partial charge in [-0.3, -0.25) is 4.90 Å². The fourth-order valence-electron chi connectivity index (χ4n) is 4.43. The monoisotopic (exact) mass is 336 g/mol. The molecule has 3 heterocycles. The standard InChI is InChI=1S/C18H32N4O2/c1-15-17(20-14-19-15)12-21-6-3-18(4-7-21)5-8-22(9-10-24-2)11-16(18)13-23/h14,16,23H,3-13H2,1-2H3,(H,19,20). The zero-order chi connectivity index (χ0) is 17.0. The fraction of sp³-hybridized carbons (Fsp3) is 0.833. The van der Waals surface area contributed by atoms with Gasteiger partial charge >= 0.3 is 0 Å². The molecule has 0 bridgehead atoms. The number of likely N-dealkylation sites (tertiary alicyclic amines) is 2. The van der Waals surface area contributed by atoms with E-state index in [0.29, 0.717) is 17.9 Å². The summed E-state index contributed by atoms with van der Waals surface area (Å²) < 4.78 is 5.20. The molecule has 0 amide bonds. The number of aromatic amines is 1. The van der Waals surface area contributed by atoms with Crippen LogP contribution in [0.4, 0.5) is 0 Å². The van der Waals surface area contributed by atoms with Crippen LogP contribution in [0.2, 0.25) is 0 Å². The van der Waals surface area contributed by atoms with Gasteiger partial charge in [0.05, 0.1) is 18.6 Å². The van der Waals surface area contributed by atoms with Crippen molar-refractivity contribution in [3.05, 3.63) is 17.7 Å². The van der Waals surface area contributed by atoms with Gasteiger partial charge in [0.1, 0.15) is 0 Å². The lowest BCUT2D eigenvalue weighted by atomic mass is 9.64. The minimum Gasteiger partial charge on any atom is -0.396 e. The number of aryl methyl sites for hydroxylation is 1. The molecule has 2 fully saturated rings. The third kappa shape index (κ3) is 3.82. The molecule has 1 unspecified atom stereocenters. The lowest BCUT2D eigenvalue weighted by Gasteiger charge is -2.51. The summed E-state index contributed by atoms with van der Waals surface area (Å²) in [6.45, 7) is 9.47. The first-order chi connectivity index (χ1) is 11.7. The summed E-state index contributed by atoms with van der Waals surface area (Å²) in [4.78, 5) is 12.6. The molecule has 6 heteroatoms. The number of aromatic nitrogens is 2. The van der Waals surface area contributed by atoms with Crippen LogP contribution in [-0.2, 0) is 11.3 Å². The molecule has 0 aromatic carbocycles. The second-order valence-corrected chi connectivity index (χ2v) is 7.54. The molecule has 3 rings (SSSR count). The summed E-state index contributed by atoms with van der Waals surface area (Å²) in [6, 6.07) is 0. The number of nitrogens with one attached hydrogen (secondary N) is 1. The predicted molar refractivity (Wildman–Crippen MR) is 93.8 cm³/mol. The van der Waals surface area contributed by atoms with E-state index in [4.69, 9.17) is 4.74 Å². The van der Waals surface area contributed by atoms with Gasteiger partial charge in [0.25, 0.3) is 0 Å². The Balaban J connectivity index is 1.55. The van der Waals surface area contributed by atoms with E-state index in [1.54, 1.807) is 13.4 Å². The van der Waals surface area contributed by atoms with Crippen molar-refractivity contribution in [2.75, 3.05) is 53.0 Å². The van der Waals surface area contributed by atoms with E-state index in [1.165, 1.54) is 30.7 Å². The van der Waals surface area contributed by atoms with Crippen LogP contribution >= 0.6 is 0 Å². The average molecular weight is 336 g/mol. The van der Waals surface area contributed by atoms with Gasteiger partial charge in [-0.1, -0.05) is 0 Å². The van der Waals surface area contributed by atoms with Crippen LogP contribution in [0.15, 0.2) is 6.33 Å². The SMILES string of the molecule is COCCN1CCC2(CCN(Cc3nc[nH]c3C)CC2)C(CO)C1. The highest BCUT2D eigenvalue weighted by atomic mass is 16.5. The highest BCUT2D eigenvalue weighted by Gasteiger charge is 2.44. The molecule has 1 atom stereocenters. The molecule has 2 N–H and O–H groups in total. The first kappa shape index (κ1) is 17.9. The van der Waals surface area contributed by atoms with Gasteiger partial charge < -0.3 is 19.7 Å². The molecule has 0 saturated carbocycles. The van der Waals surface area contributed by atoms with Crippen molar-refractivity contribution >= 4 is 0 Å². The molecule has 24 heavy (non-hydrogen) atoms. The number of ether oxygens (including phenoxy) is 1. The van der Waals surface area contributed by atoms with Crippen molar-refractivity contribution in [3.63, 3.8) is 0 Å². The van der Waals surface area contributed by atoms with E-state index in [0.717, 1.165) is 45.9 Å². The second kappa shape index (κ2) is 7.95. The third-order valence-corrected chi connectivity index (χ3v) is 6.26. The Morgan fingerprint density at radius 1 is 1.29 bits per heavy atom. The lowest BCUT2D eigenvalue weighted by molar-refractivity contribution is -0.0467. The molecule has 2 aliphatic rings. The third-order valence-electron chi connectivity index (χ3n) is 6.26. The maximum absolute atomic E-state index is 9.98. The zero-order valence-corrected chi connectivity index (χ0v) is 15.1. The molecule has 2 aliphatic heterocycles. The second-order valence-electron chi connectivity index (χ2n) is 7.54. The molecular weight excluding hydrogens is 304 g/mol. The summed E-state index contributed by atoms with van der Waals surface area (Å²) in [5.41, 5.74) is 2.67. The first-order valence-corrected chi connectivity index (χ1v) is 9.20. The van der Waals surface area contributed by atoms with Gasteiger partial charge in [0.2, 0.25) is 0 Å². The smallest absolute Gasteiger partial charge is 0.0925 e. The number of aliphatic hydroxyl groups is 1. The molecule has 1 aromatic heterocycles. The molecule has 0 aliphatic carbocycles. The van der Waals surface area contributed by atoms with Crippen molar-refractivity contribution in [3.8, 4) is 0 Å². The van der Waals surface area contributed by atoms with Crippen LogP contribution in [-0.4, -0.2) is 77.9 Å². The number of imidazole rings is 1. The lowest BCUT2D eigenvalue weighted by Crippen LogP contribution is -2.53. The van der Waals surface area contributed by atoms with Gasteiger partial charge in [-0.15, -0.1) is 0 Å². The van der Waals surface area contributed by atoms with Crippen molar-refractivity contribution in [1.82, 2.24) is 19.8 Å². The van der Waals surface area contributed by atoms with Crippen LogP contribution in [0, 0.1) is 18.3 Å². The Morgan fingerprint density at radius 3 is 2.58 bits per heavy atom. The summed E-state index contributed by atoms with van der Waals surface area (Å²) in [5, 5.41) is 9.98. The number of aliphatic hydroxyl groups excluding tert-OH is 1. The van der Waals surface area contributed by atoms with Gasteiger partial charge in [0.15, 0.2) is 0 Å². The minimum absolute atomic E-state index is 0.307. The molecule has 1 spiro atoms. The number of H-pyrrole nitrogens is 1. The largest absolute Gasteiger partial charge is 0.396 e. The highest BCUT2D eigenvalue weighted by Crippen LogP contribution is 2.45. The Labute approximate surface area is 145 Å². The quantitative estimate of drug-likeness (QED) is 0.819. The van der Waals surface area contributed by atoms with Crippen LogP contribution in [0.25, 0.3) is 0 Å². The maximum Gasteiger partial charge on any atom is 0.0925 e. The van der Waals surface area contributed by atoms with Crippen molar-refractivity contribution < 1.29 is 9.84 Å². The van der Waals surface area contributed by atoms with Crippen molar-refractivity contribution in [1.29, 1.82) is 0 Å². The number of hydrogen-bond donors (Lipinski definition) is 2. The first-order valence-electron chi connectivity index (χ1n) is 9.20. The molecule has 6 nitrogen and oxygen atoms in total. The zero-order valence-electron chi connectivity index (χ0n) is 15.1. The van der Waals surface area contributed by atoms with Crippen LogP contribution in [0.5, 0.6) is 0 Å². The van der Waals surface area contributed by atoms with Crippen LogP contribution < -0.4 is 0 Å². The topological polar surface area (TPSA) is 64.6 Å².